The standard InChI is InChI=1S/C26H39N3O5/c1-19(2)18-32-20(3)34-29-24(30)13-12-22-11-10-21(16-27-22)17-28-26(14-6-7-15-26)25(31)33-23-8-4-5-9-23/h10-13,16,19-20,23,28H,4-9,14-15,17-18H2,1-3H3,(H,29,30)/b13-12+. The van der Waals surface area contributed by atoms with Crippen LogP contribution in [-0.4, -0.2) is 41.4 Å². The Morgan fingerprint density at radius 2 is 1.88 bits per heavy atom. The van der Waals surface area contributed by atoms with Crippen LogP contribution in [0.4, 0.5) is 0 Å². The van der Waals surface area contributed by atoms with E-state index in [9.17, 15) is 9.59 Å². The highest BCUT2D eigenvalue weighted by molar-refractivity contribution is 5.90. The van der Waals surface area contributed by atoms with E-state index in [1.165, 1.54) is 6.08 Å². The van der Waals surface area contributed by atoms with E-state index >= 15 is 0 Å². The normalized spacial score (nSPS) is 19.1. The number of hydrogen-bond donors (Lipinski definition) is 2. The molecule has 2 aliphatic carbocycles. The Bertz CT molecular complexity index is 812. The first-order valence-corrected chi connectivity index (χ1v) is 12.5. The highest BCUT2D eigenvalue weighted by Crippen LogP contribution is 2.33. The first-order valence-electron chi connectivity index (χ1n) is 12.5. The first-order chi connectivity index (χ1) is 16.4. The molecule has 34 heavy (non-hydrogen) atoms. The van der Waals surface area contributed by atoms with Crippen LogP contribution in [-0.2, 0) is 30.4 Å². The molecule has 2 N–H and O–H groups in total. The van der Waals surface area contributed by atoms with Gasteiger partial charge in [0.05, 0.1) is 12.3 Å². The van der Waals surface area contributed by atoms with E-state index in [4.69, 9.17) is 14.3 Å². The van der Waals surface area contributed by atoms with Gasteiger partial charge in [-0.2, -0.15) is 0 Å². The molecule has 0 bridgehead atoms. The number of nitrogens with one attached hydrogen (secondary N) is 2. The van der Waals surface area contributed by atoms with E-state index in [0.29, 0.717) is 24.8 Å². The maximum atomic E-state index is 12.9. The third kappa shape index (κ3) is 8.18. The van der Waals surface area contributed by atoms with Crippen LogP contribution in [0.3, 0.4) is 0 Å². The van der Waals surface area contributed by atoms with Crippen molar-refractivity contribution in [1.82, 2.24) is 15.8 Å². The number of amides is 1. The lowest BCUT2D eigenvalue weighted by molar-refractivity contribution is -0.180. The molecule has 0 aromatic carbocycles. The molecule has 1 atom stereocenters. The van der Waals surface area contributed by atoms with Crippen molar-refractivity contribution >= 4 is 18.0 Å². The summed E-state index contributed by atoms with van der Waals surface area (Å²) < 4.78 is 11.3. The molecule has 2 fully saturated rings. The van der Waals surface area contributed by atoms with Gasteiger partial charge in [-0.25, -0.2) is 10.3 Å². The number of hydrogen-bond acceptors (Lipinski definition) is 7. The minimum atomic E-state index is -0.588. The van der Waals surface area contributed by atoms with Crippen molar-refractivity contribution in [3.05, 3.63) is 35.7 Å². The van der Waals surface area contributed by atoms with E-state index in [1.54, 1.807) is 19.2 Å². The van der Waals surface area contributed by atoms with E-state index in [1.807, 2.05) is 26.0 Å². The molecule has 1 heterocycles. The maximum Gasteiger partial charge on any atom is 0.326 e. The molecule has 0 spiro atoms. The molecule has 1 aromatic heterocycles. The SMILES string of the molecule is CC(C)COC(C)ONC(=O)/C=C/c1ccc(CNC2(C(=O)OC3CCCC3)CCCC2)cn1. The number of aromatic nitrogens is 1. The smallest absolute Gasteiger partial charge is 0.326 e. The summed E-state index contributed by atoms with van der Waals surface area (Å²) in [5, 5.41) is 3.47. The summed E-state index contributed by atoms with van der Waals surface area (Å²) in [6.45, 7) is 6.91. The fraction of sp³-hybridized carbons (Fsp3) is 0.654. The van der Waals surface area contributed by atoms with Crippen LogP contribution in [0.2, 0.25) is 0 Å². The van der Waals surface area contributed by atoms with Gasteiger partial charge in [0.15, 0.2) is 6.29 Å². The molecule has 2 saturated carbocycles. The summed E-state index contributed by atoms with van der Waals surface area (Å²) in [5.74, 6) is -0.0987. The molecule has 8 nitrogen and oxygen atoms in total. The van der Waals surface area contributed by atoms with Crippen LogP contribution in [0, 0.1) is 5.92 Å². The highest BCUT2D eigenvalue weighted by Gasteiger charge is 2.43. The van der Waals surface area contributed by atoms with Gasteiger partial charge in [0.1, 0.15) is 11.6 Å². The van der Waals surface area contributed by atoms with Crippen molar-refractivity contribution in [3.8, 4) is 0 Å². The maximum absolute atomic E-state index is 12.9. The average Bonchev–Trinajstić information content (AvgIpc) is 3.52. The summed E-state index contributed by atoms with van der Waals surface area (Å²) >= 11 is 0. The van der Waals surface area contributed by atoms with Crippen molar-refractivity contribution in [1.29, 1.82) is 0 Å². The number of hydroxylamine groups is 1. The Hall–Kier alpha value is -2.29. The minimum absolute atomic E-state index is 0.0814. The lowest BCUT2D eigenvalue weighted by Gasteiger charge is -2.29. The second-order valence-corrected chi connectivity index (χ2v) is 9.76. The monoisotopic (exact) mass is 473 g/mol. The Morgan fingerprint density at radius 3 is 2.53 bits per heavy atom. The predicted molar refractivity (Wildman–Crippen MR) is 129 cm³/mol. The molecule has 2 aliphatic rings. The zero-order chi connectivity index (χ0) is 24.4. The summed E-state index contributed by atoms with van der Waals surface area (Å²) in [6, 6.07) is 3.79. The van der Waals surface area contributed by atoms with Crippen LogP contribution in [0.1, 0.15) is 83.4 Å². The highest BCUT2D eigenvalue weighted by atomic mass is 16.8. The average molecular weight is 474 g/mol. The van der Waals surface area contributed by atoms with Crippen LogP contribution in [0.5, 0.6) is 0 Å². The Kier molecular flexibility index (Phi) is 10.0. The molecule has 8 heteroatoms. The van der Waals surface area contributed by atoms with Crippen molar-refractivity contribution < 1.29 is 23.9 Å². The van der Waals surface area contributed by atoms with Crippen molar-refractivity contribution in [2.45, 2.75) is 96.6 Å². The van der Waals surface area contributed by atoms with Crippen LogP contribution in [0.25, 0.3) is 6.08 Å². The molecule has 0 saturated heterocycles. The van der Waals surface area contributed by atoms with Crippen LogP contribution in [0.15, 0.2) is 24.4 Å². The zero-order valence-electron chi connectivity index (χ0n) is 20.7. The van der Waals surface area contributed by atoms with E-state index < -0.39 is 17.7 Å². The van der Waals surface area contributed by atoms with Crippen molar-refractivity contribution in [3.63, 3.8) is 0 Å². The summed E-state index contributed by atoms with van der Waals surface area (Å²) in [7, 11) is 0. The Morgan fingerprint density at radius 1 is 1.15 bits per heavy atom. The largest absolute Gasteiger partial charge is 0.461 e. The van der Waals surface area contributed by atoms with Gasteiger partial charge in [0.2, 0.25) is 0 Å². The summed E-state index contributed by atoms with van der Waals surface area (Å²) in [4.78, 5) is 34.5. The summed E-state index contributed by atoms with van der Waals surface area (Å²) in [6.07, 6.45) is 12.2. The molecule has 0 radical (unpaired) electrons. The number of esters is 1. The van der Waals surface area contributed by atoms with Gasteiger partial charge in [-0.3, -0.25) is 19.9 Å². The summed E-state index contributed by atoms with van der Waals surface area (Å²) in [5.41, 5.74) is 3.38. The van der Waals surface area contributed by atoms with Gasteiger partial charge < -0.3 is 9.47 Å². The third-order valence-electron chi connectivity index (χ3n) is 6.30. The molecule has 1 amide bonds. The molecule has 188 valence electrons. The Labute approximate surface area is 202 Å². The first kappa shape index (κ1) is 26.3. The molecule has 0 aliphatic heterocycles. The van der Waals surface area contributed by atoms with Gasteiger partial charge in [0, 0.05) is 18.8 Å². The topological polar surface area (TPSA) is 98.8 Å². The van der Waals surface area contributed by atoms with Crippen molar-refractivity contribution in [2.24, 2.45) is 5.92 Å². The number of nitrogens with zero attached hydrogens (tertiary/aromatic N) is 1. The molecule has 1 aromatic rings. The number of pyridine rings is 1. The van der Waals surface area contributed by atoms with Gasteiger partial charge in [0.25, 0.3) is 5.91 Å². The third-order valence-corrected chi connectivity index (χ3v) is 6.30. The second-order valence-electron chi connectivity index (χ2n) is 9.76. The van der Waals surface area contributed by atoms with Crippen LogP contribution >= 0.6 is 0 Å². The van der Waals surface area contributed by atoms with Gasteiger partial charge in [-0.15, -0.1) is 0 Å². The molecule has 1 unspecified atom stereocenters. The lowest BCUT2D eigenvalue weighted by Crippen LogP contribution is -2.51. The quantitative estimate of drug-likeness (QED) is 0.204. The van der Waals surface area contributed by atoms with Crippen molar-refractivity contribution in [2.75, 3.05) is 6.61 Å². The van der Waals surface area contributed by atoms with Gasteiger partial charge in [-0.05, 0) is 69.1 Å². The van der Waals surface area contributed by atoms with Crippen LogP contribution < -0.4 is 10.8 Å². The molecule has 3 rings (SSSR count). The van der Waals surface area contributed by atoms with Gasteiger partial charge >= 0.3 is 5.97 Å². The molecular formula is C26H39N3O5. The second kappa shape index (κ2) is 13.0. The molecular weight excluding hydrogens is 434 g/mol. The Balaban J connectivity index is 1.45. The fourth-order valence-corrected chi connectivity index (χ4v) is 4.31. The number of carbonyl (C=O) groups is 2. The number of ether oxygens (including phenoxy) is 2. The minimum Gasteiger partial charge on any atom is -0.461 e. The number of carbonyl (C=O) groups excluding carboxylic acids is 2. The van der Waals surface area contributed by atoms with E-state index in [0.717, 1.165) is 56.9 Å². The van der Waals surface area contributed by atoms with E-state index in [-0.39, 0.29) is 12.1 Å². The fourth-order valence-electron chi connectivity index (χ4n) is 4.31. The van der Waals surface area contributed by atoms with E-state index in [2.05, 4.69) is 15.8 Å². The zero-order valence-corrected chi connectivity index (χ0v) is 20.7. The number of rotatable bonds is 12. The lowest BCUT2D eigenvalue weighted by atomic mass is 9.97. The van der Waals surface area contributed by atoms with Gasteiger partial charge in [-0.1, -0.05) is 32.8 Å². The predicted octanol–water partition coefficient (Wildman–Crippen LogP) is 4.05.